The van der Waals surface area contributed by atoms with Crippen LogP contribution in [0.4, 0.5) is 0 Å². The fourth-order valence-electron chi connectivity index (χ4n) is 3.83. The highest BCUT2D eigenvalue weighted by Gasteiger charge is 2.34. The van der Waals surface area contributed by atoms with Crippen molar-refractivity contribution in [1.82, 2.24) is 15.5 Å². The molecule has 5 nitrogen and oxygen atoms in total. The Kier molecular flexibility index (Phi) is 8.45. The van der Waals surface area contributed by atoms with Crippen LogP contribution in [0.5, 0.6) is 0 Å². The molecule has 2 N–H and O–H groups in total. The third kappa shape index (κ3) is 6.43. The molecule has 2 rings (SSSR count). The molecule has 27 heavy (non-hydrogen) atoms. The molecule has 0 bridgehead atoms. The van der Waals surface area contributed by atoms with Crippen LogP contribution < -0.4 is 10.6 Å². The molecule has 0 spiro atoms. The Morgan fingerprint density at radius 1 is 1.26 bits per heavy atom. The van der Waals surface area contributed by atoms with E-state index in [1.165, 1.54) is 5.56 Å². The smallest absolute Gasteiger partial charge is 0.240 e. The molecule has 0 aromatic heterocycles. The van der Waals surface area contributed by atoms with Crippen molar-refractivity contribution in [2.45, 2.75) is 71.1 Å². The first kappa shape index (κ1) is 21.6. The Morgan fingerprint density at radius 2 is 1.96 bits per heavy atom. The number of nitrogens with one attached hydrogen (secondary N) is 2. The van der Waals surface area contributed by atoms with Crippen LogP contribution in [0.2, 0.25) is 0 Å². The zero-order valence-electron chi connectivity index (χ0n) is 17.2. The lowest BCUT2D eigenvalue weighted by Crippen LogP contribution is -2.56. The first-order valence-corrected chi connectivity index (χ1v) is 10.2. The van der Waals surface area contributed by atoms with Gasteiger partial charge in [-0.25, -0.2) is 0 Å². The maximum absolute atomic E-state index is 13.2. The second-order valence-electron chi connectivity index (χ2n) is 8.22. The monoisotopic (exact) mass is 373 g/mol. The van der Waals surface area contributed by atoms with Crippen LogP contribution in [-0.2, 0) is 16.0 Å². The van der Waals surface area contributed by atoms with Crippen LogP contribution >= 0.6 is 0 Å². The van der Waals surface area contributed by atoms with E-state index in [0.29, 0.717) is 12.6 Å². The second kappa shape index (κ2) is 10.6. The van der Waals surface area contributed by atoms with Crippen LogP contribution in [0.3, 0.4) is 0 Å². The van der Waals surface area contributed by atoms with Gasteiger partial charge in [-0.1, -0.05) is 58.0 Å². The number of benzene rings is 1. The standard InChI is InChI=1S/C22H35N3O2/c1-16(2)21(15-26)25(22(27)20-11-8-12-23-20)14-19(24-17(3)4)13-18-9-6-5-7-10-18/h5-7,9-10,15-17,19-21,23-24H,8,11-14H2,1-4H3/t19?,20-,21+/m0/s1. The van der Waals surface area contributed by atoms with Gasteiger partial charge in [0.05, 0.1) is 12.1 Å². The number of amides is 1. The lowest BCUT2D eigenvalue weighted by molar-refractivity contribution is -0.139. The third-order valence-corrected chi connectivity index (χ3v) is 5.13. The number of hydrogen-bond acceptors (Lipinski definition) is 4. The van der Waals surface area contributed by atoms with Gasteiger partial charge in [0.2, 0.25) is 5.91 Å². The summed E-state index contributed by atoms with van der Waals surface area (Å²) in [5.74, 6) is 0.145. The minimum absolute atomic E-state index is 0.0573. The van der Waals surface area contributed by atoms with E-state index in [0.717, 1.165) is 32.1 Å². The van der Waals surface area contributed by atoms with Gasteiger partial charge < -0.3 is 20.3 Å². The second-order valence-corrected chi connectivity index (χ2v) is 8.22. The Balaban J connectivity index is 2.21. The Morgan fingerprint density at radius 3 is 2.48 bits per heavy atom. The number of nitrogens with zero attached hydrogens (tertiary/aromatic N) is 1. The van der Waals surface area contributed by atoms with Gasteiger partial charge in [0.15, 0.2) is 0 Å². The van der Waals surface area contributed by atoms with E-state index >= 15 is 0 Å². The Hall–Kier alpha value is -1.72. The SMILES string of the molecule is CC(C)NC(Cc1ccccc1)CN(C(=O)[C@@H]1CCCN1)[C@H](C=O)C(C)C. The van der Waals surface area contributed by atoms with Gasteiger partial charge in [0.25, 0.3) is 0 Å². The number of aldehydes is 1. The lowest BCUT2D eigenvalue weighted by Gasteiger charge is -2.36. The zero-order valence-corrected chi connectivity index (χ0v) is 17.2. The summed E-state index contributed by atoms with van der Waals surface area (Å²) in [6, 6.07) is 10.1. The molecular weight excluding hydrogens is 338 g/mol. The normalized spacial score (nSPS) is 19.3. The van der Waals surface area contributed by atoms with Crippen molar-refractivity contribution in [3.8, 4) is 0 Å². The first-order valence-electron chi connectivity index (χ1n) is 10.2. The molecule has 1 unspecified atom stereocenters. The predicted molar refractivity (Wildman–Crippen MR) is 110 cm³/mol. The molecule has 1 amide bonds. The summed E-state index contributed by atoms with van der Waals surface area (Å²) in [5.41, 5.74) is 1.23. The molecule has 1 heterocycles. The molecule has 0 aliphatic carbocycles. The summed E-state index contributed by atoms with van der Waals surface area (Å²) >= 11 is 0. The highest BCUT2D eigenvalue weighted by molar-refractivity contribution is 5.85. The maximum atomic E-state index is 13.2. The van der Waals surface area contributed by atoms with E-state index in [2.05, 4.69) is 36.6 Å². The van der Waals surface area contributed by atoms with Crippen LogP contribution in [0.15, 0.2) is 30.3 Å². The van der Waals surface area contributed by atoms with E-state index < -0.39 is 6.04 Å². The molecule has 1 saturated heterocycles. The minimum Gasteiger partial charge on any atom is -0.330 e. The zero-order chi connectivity index (χ0) is 19.8. The van der Waals surface area contributed by atoms with E-state index in [4.69, 9.17) is 0 Å². The van der Waals surface area contributed by atoms with Crippen molar-refractivity contribution in [3.05, 3.63) is 35.9 Å². The molecule has 5 heteroatoms. The van der Waals surface area contributed by atoms with Gasteiger partial charge >= 0.3 is 0 Å². The van der Waals surface area contributed by atoms with E-state index in [9.17, 15) is 9.59 Å². The van der Waals surface area contributed by atoms with Gasteiger partial charge in [-0.05, 0) is 37.3 Å². The van der Waals surface area contributed by atoms with Crippen molar-refractivity contribution in [2.75, 3.05) is 13.1 Å². The number of carbonyl (C=O) groups is 2. The Bertz CT molecular complexity index is 582. The average Bonchev–Trinajstić information content (AvgIpc) is 3.15. The topological polar surface area (TPSA) is 61.4 Å². The van der Waals surface area contributed by atoms with E-state index in [-0.39, 0.29) is 23.9 Å². The Labute approximate surface area is 163 Å². The molecular formula is C22H35N3O2. The van der Waals surface area contributed by atoms with Crippen molar-refractivity contribution in [3.63, 3.8) is 0 Å². The van der Waals surface area contributed by atoms with Gasteiger partial charge in [-0.3, -0.25) is 4.79 Å². The molecule has 150 valence electrons. The largest absolute Gasteiger partial charge is 0.330 e. The van der Waals surface area contributed by atoms with E-state index in [1.54, 1.807) is 0 Å². The predicted octanol–water partition coefficient (Wildman–Crippen LogP) is 2.40. The molecule has 1 aromatic carbocycles. The summed E-state index contributed by atoms with van der Waals surface area (Å²) in [4.78, 5) is 26.8. The molecule has 1 aliphatic rings. The molecule has 1 fully saturated rings. The number of rotatable bonds is 10. The van der Waals surface area contributed by atoms with Crippen molar-refractivity contribution >= 4 is 12.2 Å². The van der Waals surface area contributed by atoms with Crippen LogP contribution in [0.25, 0.3) is 0 Å². The van der Waals surface area contributed by atoms with Gasteiger partial charge in [0.1, 0.15) is 6.29 Å². The first-order chi connectivity index (χ1) is 12.9. The maximum Gasteiger partial charge on any atom is 0.240 e. The van der Waals surface area contributed by atoms with Gasteiger partial charge in [-0.15, -0.1) is 0 Å². The van der Waals surface area contributed by atoms with Gasteiger partial charge in [0, 0.05) is 18.6 Å². The summed E-state index contributed by atoms with van der Waals surface area (Å²) in [6.07, 6.45) is 3.62. The number of carbonyl (C=O) groups excluding carboxylic acids is 2. The number of hydrogen-bond donors (Lipinski definition) is 2. The lowest BCUT2D eigenvalue weighted by atomic mass is 9.99. The fraction of sp³-hybridized carbons (Fsp3) is 0.636. The fourth-order valence-corrected chi connectivity index (χ4v) is 3.83. The summed E-state index contributed by atoms with van der Waals surface area (Å²) in [6.45, 7) is 9.64. The quantitative estimate of drug-likeness (QED) is 0.618. The van der Waals surface area contributed by atoms with Crippen molar-refractivity contribution in [1.29, 1.82) is 0 Å². The van der Waals surface area contributed by atoms with Crippen molar-refractivity contribution < 1.29 is 9.59 Å². The molecule has 3 atom stereocenters. The van der Waals surface area contributed by atoms with E-state index in [1.807, 2.05) is 36.9 Å². The van der Waals surface area contributed by atoms with Gasteiger partial charge in [-0.2, -0.15) is 0 Å². The highest BCUT2D eigenvalue weighted by Crippen LogP contribution is 2.17. The molecule has 0 saturated carbocycles. The summed E-state index contributed by atoms with van der Waals surface area (Å²) in [5, 5.41) is 6.88. The van der Waals surface area contributed by atoms with Crippen LogP contribution in [0.1, 0.15) is 46.1 Å². The average molecular weight is 374 g/mol. The summed E-state index contributed by atoms with van der Waals surface area (Å²) < 4.78 is 0. The van der Waals surface area contributed by atoms with Crippen LogP contribution in [0, 0.1) is 5.92 Å². The van der Waals surface area contributed by atoms with Crippen molar-refractivity contribution in [2.24, 2.45) is 5.92 Å². The molecule has 0 radical (unpaired) electrons. The highest BCUT2D eigenvalue weighted by atomic mass is 16.2. The van der Waals surface area contributed by atoms with Crippen LogP contribution in [-0.4, -0.2) is 54.4 Å². The minimum atomic E-state index is -0.396. The summed E-state index contributed by atoms with van der Waals surface area (Å²) in [7, 11) is 0. The third-order valence-electron chi connectivity index (χ3n) is 5.13. The molecule has 1 aromatic rings. The molecule has 1 aliphatic heterocycles.